The Bertz CT molecular complexity index is 873. The molecular formula is C22H24N2O. The third-order valence-corrected chi connectivity index (χ3v) is 4.15. The van der Waals surface area contributed by atoms with Crippen LogP contribution in [0.1, 0.15) is 36.7 Å². The highest BCUT2D eigenvalue weighted by atomic mass is 16.5. The smallest absolute Gasteiger partial charge is 0.130 e. The molecular weight excluding hydrogens is 308 g/mol. The number of aryl methyl sites for hydroxylation is 2. The Kier molecular flexibility index (Phi) is 5.03. The predicted octanol–water partition coefficient (Wildman–Crippen LogP) is 6.23. The summed E-state index contributed by atoms with van der Waals surface area (Å²) >= 11 is 0. The highest BCUT2D eigenvalue weighted by Gasteiger charge is 2.04. The Morgan fingerprint density at radius 1 is 1.00 bits per heavy atom. The Labute approximate surface area is 149 Å². The number of ether oxygens (including phenoxy) is 1. The Morgan fingerprint density at radius 2 is 1.72 bits per heavy atom. The fraction of sp³-hybridized carbons (Fsp3) is 0.227. The summed E-state index contributed by atoms with van der Waals surface area (Å²) in [6, 6.07) is 18.4. The van der Waals surface area contributed by atoms with Gasteiger partial charge < -0.3 is 9.30 Å². The molecule has 3 rings (SSSR count). The Balaban J connectivity index is 1.70. The number of nitrogens with zero attached hydrogens (tertiary/aromatic N) is 2. The maximum atomic E-state index is 5.92. The molecule has 0 bridgehead atoms. The van der Waals surface area contributed by atoms with Crippen LogP contribution in [0.5, 0.6) is 11.5 Å². The summed E-state index contributed by atoms with van der Waals surface area (Å²) in [4.78, 5) is 4.56. The minimum Gasteiger partial charge on any atom is -0.457 e. The highest BCUT2D eigenvalue weighted by molar-refractivity contribution is 5.82. The van der Waals surface area contributed by atoms with Crippen molar-refractivity contribution in [2.45, 2.75) is 33.7 Å². The number of aliphatic imine (C=N–C) groups is 1. The van der Waals surface area contributed by atoms with E-state index in [9.17, 15) is 0 Å². The van der Waals surface area contributed by atoms with Crippen molar-refractivity contribution < 1.29 is 4.74 Å². The molecule has 3 aromatic rings. The molecule has 0 aliphatic rings. The number of rotatable bonds is 5. The van der Waals surface area contributed by atoms with Crippen LogP contribution in [0.4, 0.5) is 5.69 Å². The molecule has 0 aliphatic heterocycles. The van der Waals surface area contributed by atoms with Gasteiger partial charge in [-0.2, -0.15) is 0 Å². The van der Waals surface area contributed by atoms with E-state index in [0.717, 1.165) is 28.3 Å². The van der Waals surface area contributed by atoms with Crippen LogP contribution in [-0.4, -0.2) is 10.8 Å². The number of aromatic nitrogens is 1. The molecule has 0 unspecified atom stereocenters. The van der Waals surface area contributed by atoms with Crippen LogP contribution in [-0.2, 0) is 0 Å². The van der Waals surface area contributed by atoms with Gasteiger partial charge in [0.05, 0.1) is 5.69 Å². The SMILES string of the molecule is Cc1ccccc1Oc1ccc(N=Cc2cc(C)n(C(C)C)c2)cc1. The standard InChI is InChI=1S/C22H24N2O/c1-16(2)24-15-19(13-18(24)4)14-23-20-9-11-21(12-10-20)25-22-8-6-5-7-17(22)3/h5-16H,1-4H3. The highest BCUT2D eigenvalue weighted by Crippen LogP contribution is 2.26. The number of para-hydroxylation sites is 1. The number of hydrogen-bond acceptors (Lipinski definition) is 2. The van der Waals surface area contributed by atoms with Gasteiger partial charge in [-0.1, -0.05) is 18.2 Å². The molecule has 128 valence electrons. The van der Waals surface area contributed by atoms with E-state index in [0.29, 0.717) is 6.04 Å². The molecule has 0 N–H and O–H groups in total. The van der Waals surface area contributed by atoms with E-state index in [2.05, 4.69) is 42.6 Å². The summed E-state index contributed by atoms with van der Waals surface area (Å²) in [7, 11) is 0. The van der Waals surface area contributed by atoms with Gasteiger partial charge in [-0.15, -0.1) is 0 Å². The third-order valence-electron chi connectivity index (χ3n) is 4.15. The molecule has 25 heavy (non-hydrogen) atoms. The summed E-state index contributed by atoms with van der Waals surface area (Å²) in [6.07, 6.45) is 4.04. The maximum Gasteiger partial charge on any atom is 0.130 e. The first-order valence-electron chi connectivity index (χ1n) is 8.59. The fourth-order valence-corrected chi connectivity index (χ4v) is 2.79. The fourth-order valence-electron chi connectivity index (χ4n) is 2.79. The van der Waals surface area contributed by atoms with Crippen LogP contribution < -0.4 is 4.74 Å². The zero-order chi connectivity index (χ0) is 17.8. The van der Waals surface area contributed by atoms with Crippen molar-refractivity contribution in [1.82, 2.24) is 4.57 Å². The van der Waals surface area contributed by atoms with Crippen LogP contribution in [0, 0.1) is 13.8 Å². The molecule has 0 aliphatic carbocycles. The maximum absolute atomic E-state index is 5.92. The molecule has 2 aromatic carbocycles. The van der Waals surface area contributed by atoms with Crippen molar-refractivity contribution in [1.29, 1.82) is 0 Å². The first-order chi connectivity index (χ1) is 12.0. The first kappa shape index (κ1) is 17.0. The molecule has 0 saturated carbocycles. The predicted molar refractivity (Wildman–Crippen MR) is 105 cm³/mol. The first-order valence-corrected chi connectivity index (χ1v) is 8.59. The van der Waals surface area contributed by atoms with Gasteiger partial charge in [0.25, 0.3) is 0 Å². The van der Waals surface area contributed by atoms with Gasteiger partial charge >= 0.3 is 0 Å². The van der Waals surface area contributed by atoms with Crippen LogP contribution in [0.2, 0.25) is 0 Å². The van der Waals surface area contributed by atoms with Crippen LogP contribution in [0.3, 0.4) is 0 Å². The molecule has 0 saturated heterocycles. The number of benzene rings is 2. The molecule has 0 spiro atoms. The summed E-state index contributed by atoms with van der Waals surface area (Å²) in [5.74, 6) is 1.69. The van der Waals surface area contributed by atoms with Gasteiger partial charge in [-0.05, 0) is 69.7 Å². The van der Waals surface area contributed by atoms with E-state index in [1.807, 2.05) is 61.7 Å². The van der Waals surface area contributed by atoms with Crippen molar-refractivity contribution in [3.8, 4) is 11.5 Å². The van der Waals surface area contributed by atoms with Gasteiger partial charge in [0.1, 0.15) is 11.5 Å². The molecule has 3 nitrogen and oxygen atoms in total. The van der Waals surface area contributed by atoms with Crippen LogP contribution in [0.15, 0.2) is 65.8 Å². The normalized spacial score (nSPS) is 11.4. The lowest BCUT2D eigenvalue weighted by atomic mass is 10.2. The van der Waals surface area contributed by atoms with Crippen molar-refractivity contribution in [3.63, 3.8) is 0 Å². The van der Waals surface area contributed by atoms with Crippen LogP contribution in [0.25, 0.3) is 0 Å². The molecule has 1 heterocycles. The molecule has 1 aromatic heterocycles. The minimum absolute atomic E-state index is 0.458. The Morgan fingerprint density at radius 3 is 2.36 bits per heavy atom. The zero-order valence-corrected chi connectivity index (χ0v) is 15.2. The summed E-state index contributed by atoms with van der Waals surface area (Å²) in [6.45, 7) is 8.52. The van der Waals surface area contributed by atoms with Gasteiger partial charge in [-0.25, -0.2) is 0 Å². The minimum atomic E-state index is 0.458. The van der Waals surface area contributed by atoms with E-state index in [4.69, 9.17) is 4.74 Å². The molecule has 0 atom stereocenters. The molecule has 3 heteroatoms. The molecule has 0 amide bonds. The van der Waals surface area contributed by atoms with Gasteiger partial charge in [0.2, 0.25) is 0 Å². The molecule has 0 fully saturated rings. The monoisotopic (exact) mass is 332 g/mol. The van der Waals surface area contributed by atoms with E-state index < -0.39 is 0 Å². The van der Waals surface area contributed by atoms with Crippen molar-refractivity contribution in [3.05, 3.63) is 77.6 Å². The van der Waals surface area contributed by atoms with E-state index >= 15 is 0 Å². The Hall–Kier alpha value is -2.81. The largest absolute Gasteiger partial charge is 0.457 e. The lowest BCUT2D eigenvalue weighted by Gasteiger charge is -2.08. The van der Waals surface area contributed by atoms with Gasteiger partial charge in [0.15, 0.2) is 0 Å². The van der Waals surface area contributed by atoms with Crippen molar-refractivity contribution in [2.75, 3.05) is 0 Å². The van der Waals surface area contributed by atoms with E-state index in [1.165, 1.54) is 5.69 Å². The number of hydrogen-bond donors (Lipinski definition) is 0. The quantitative estimate of drug-likeness (QED) is 0.509. The molecule has 0 radical (unpaired) electrons. The van der Waals surface area contributed by atoms with Gasteiger partial charge in [-0.3, -0.25) is 4.99 Å². The topological polar surface area (TPSA) is 26.5 Å². The van der Waals surface area contributed by atoms with Crippen LogP contribution >= 0.6 is 0 Å². The summed E-state index contributed by atoms with van der Waals surface area (Å²) < 4.78 is 8.17. The summed E-state index contributed by atoms with van der Waals surface area (Å²) in [5.41, 5.74) is 4.39. The van der Waals surface area contributed by atoms with Crippen molar-refractivity contribution in [2.24, 2.45) is 4.99 Å². The zero-order valence-electron chi connectivity index (χ0n) is 15.2. The van der Waals surface area contributed by atoms with E-state index in [-0.39, 0.29) is 0 Å². The average molecular weight is 332 g/mol. The van der Waals surface area contributed by atoms with Gasteiger partial charge in [0, 0.05) is 29.7 Å². The lowest BCUT2D eigenvalue weighted by molar-refractivity contribution is 0.479. The second-order valence-corrected chi connectivity index (χ2v) is 6.54. The summed E-state index contributed by atoms with van der Waals surface area (Å²) in [5, 5.41) is 0. The van der Waals surface area contributed by atoms with E-state index in [1.54, 1.807) is 0 Å². The lowest BCUT2D eigenvalue weighted by Crippen LogP contribution is -2.00. The third kappa shape index (κ3) is 4.18. The second-order valence-electron chi connectivity index (χ2n) is 6.54. The van der Waals surface area contributed by atoms with Crippen molar-refractivity contribution >= 4 is 11.9 Å². The second kappa shape index (κ2) is 7.39. The average Bonchev–Trinajstić information content (AvgIpc) is 2.97.